The van der Waals surface area contributed by atoms with Crippen molar-refractivity contribution in [2.24, 2.45) is 109 Å². The van der Waals surface area contributed by atoms with Crippen molar-refractivity contribution in [3.05, 3.63) is 72.5 Å². The molecule has 9 aliphatic rings. The van der Waals surface area contributed by atoms with E-state index in [2.05, 4.69) is 5.32 Å². The number of nitrogens with two attached hydrogens (primary N) is 3. The lowest BCUT2D eigenvalue weighted by molar-refractivity contribution is -0.206. The van der Waals surface area contributed by atoms with Crippen molar-refractivity contribution in [2.45, 2.75) is 170 Å². The number of carbonyl (C=O) groups is 10. The van der Waals surface area contributed by atoms with E-state index in [0.29, 0.717) is 64.2 Å². The van der Waals surface area contributed by atoms with Crippen molar-refractivity contribution < 1.29 is 84.8 Å². The summed E-state index contributed by atoms with van der Waals surface area (Å²) in [7, 11) is 1.40. The summed E-state index contributed by atoms with van der Waals surface area (Å²) < 4.78 is 37.7. The summed E-state index contributed by atoms with van der Waals surface area (Å²) in [4.78, 5) is 128. The van der Waals surface area contributed by atoms with E-state index in [4.69, 9.17) is 49.4 Å². The van der Waals surface area contributed by atoms with Crippen molar-refractivity contribution in [1.82, 2.24) is 5.32 Å². The third kappa shape index (κ3) is 10.7. The van der Waals surface area contributed by atoms with Gasteiger partial charge in [-0.1, -0.05) is 55.9 Å². The number of hydrogen-bond acceptors (Lipinski definition) is 18. The second kappa shape index (κ2) is 23.9. The Bertz CT molecular complexity index is 3150. The molecular weight excluding hydrogens is 1130 g/mol. The van der Waals surface area contributed by atoms with Crippen LogP contribution in [0.15, 0.2) is 69.0 Å². The minimum absolute atomic E-state index is 0. The molecule has 3 aromatic rings. The summed E-state index contributed by atoms with van der Waals surface area (Å²) in [5, 5.41) is 2.70. The summed E-state index contributed by atoms with van der Waals surface area (Å²) in [5.41, 5.74) is 16.2. The first-order valence-electron chi connectivity index (χ1n) is 30.0. The molecule has 0 bridgehead atoms. The molecule has 0 unspecified atom stereocenters. The molecule has 3 aliphatic heterocycles. The van der Waals surface area contributed by atoms with E-state index in [0.717, 1.165) is 16.7 Å². The Balaban J connectivity index is 0.000000168. The molecule has 6 aliphatic carbocycles. The van der Waals surface area contributed by atoms with Crippen LogP contribution in [0.3, 0.4) is 0 Å². The van der Waals surface area contributed by atoms with Gasteiger partial charge in [-0.25, -0.2) is 0 Å². The van der Waals surface area contributed by atoms with Crippen molar-refractivity contribution in [2.75, 3.05) is 7.11 Å². The van der Waals surface area contributed by atoms with Gasteiger partial charge in [0.15, 0.2) is 11.6 Å². The SMILES string of the molecule is C.CC(=O)N[C@H]1C[C@@H](C(N)=O)[C@]2(C)CC[C@H]3C(=O)O[C@H](c4ccoc4)C[C@]3(C)[C@H]2C1=O.COC(=O)[C@@H]1C[C@@H](C)C(=O)[C@H]2[C@@]1(C)CC[C@H]1C(=O)O[C@H](c3ccoc3)C[C@]21C.C[C@@]12CC[C@H]3C(=O)O[C@H](c4ccoc4)C[C@]3(C)[C@H]1C(=O)[C@@H](N)C[C@H]2C(N)=O.F. The standard InChI is InChI=1S/C22H28N2O6.C22H28O6.C20H26N2O5.CH4.FH/c1-11(25)24-15-8-14(19(23)27)21(2)6-4-13-20(28)30-16(12-5-7-29-10-12)9-22(13,3)18(21)17(15)26;1-12-9-15(19(24)26-4)21(2)7-5-14-20(25)28-16(13-6-8-27-11-13)10-22(14,3)18(21)17(12)23;1-19-5-3-11-18(25)27-14(10-4-6-26-9-10)8-20(11,2)16(19)15(23)13(21)7-12(19)17(22)24;;/h5,7,10,13-16,18H,4,6,8-9H2,1-3H3,(H2,23,27)(H,24,25);6,8,11-12,14-16,18H,5,7,9-10H2,1-4H3;4,6,9,11-14,16H,3,5,7-8,21H2,1-2H3,(H2,22,24);1H4;1H/t13-,14-,15-,16-,18-,21-,22-;12-,14+,15+,16+,18+,21+,22+;11-,12-,13-,14-,16-,19-,20-;;/m010../s1. The number of hydrogen-bond donors (Lipinski definition) is 4. The molecule has 6 heterocycles. The number of furan rings is 3. The van der Waals surface area contributed by atoms with E-state index in [-0.39, 0.29) is 102 Å². The van der Waals surface area contributed by atoms with Gasteiger partial charge in [-0.15, -0.1) is 0 Å². The number of ether oxygens (including phenoxy) is 4. The molecule has 21 nitrogen and oxygen atoms in total. The molecule has 9 fully saturated rings. The number of esters is 4. The van der Waals surface area contributed by atoms with Crippen LogP contribution >= 0.6 is 0 Å². The molecule has 0 radical (unpaired) electrons. The summed E-state index contributed by atoms with van der Waals surface area (Å²) in [6, 6.07) is 3.79. The summed E-state index contributed by atoms with van der Waals surface area (Å²) in [5.74, 6) is -6.66. The Kier molecular flexibility index (Phi) is 18.1. The first-order valence-corrected chi connectivity index (χ1v) is 30.0. The number of cyclic esters (lactones) is 3. The number of fused-ring (bicyclic) bond motifs is 9. The van der Waals surface area contributed by atoms with Crippen LogP contribution in [0.25, 0.3) is 0 Å². The van der Waals surface area contributed by atoms with Crippen LogP contribution < -0.4 is 22.5 Å². The largest absolute Gasteiger partial charge is 0.472 e. The highest BCUT2D eigenvalue weighted by atomic mass is 19.0. The van der Waals surface area contributed by atoms with Crippen molar-refractivity contribution >= 4 is 58.9 Å². The lowest BCUT2D eigenvalue weighted by atomic mass is 9.42. The van der Waals surface area contributed by atoms with Gasteiger partial charge < -0.3 is 54.7 Å². The first-order chi connectivity index (χ1) is 40.0. The lowest BCUT2D eigenvalue weighted by Gasteiger charge is -2.61. The van der Waals surface area contributed by atoms with Gasteiger partial charge in [-0.3, -0.25) is 52.6 Å². The van der Waals surface area contributed by atoms with E-state index >= 15 is 0 Å². The van der Waals surface area contributed by atoms with Crippen LogP contribution in [-0.4, -0.2) is 78.1 Å². The molecule has 476 valence electrons. The van der Waals surface area contributed by atoms with Crippen LogP contribution in [0.2, 0.25) is 0 Å². The Labute approximate surface area is 506 Å². The van der Waals surface area contributed by atoms with E-state index in [9.17, 15) is 47.9 Å². The number of rotatable bonds is 7. The van der Waals surface area contributed by atoms with Crippen LogP contribution in [0.1, 0.15) is 175 Å². The molecule has 3 saturated heterocycles. The highest BCUT2D eigenvalue weighted by Gasteiger charge is 2.70. The minimum Gasteiger partial charge on any atom is -0.472 e. The Hall–Kier alpha value is -6.97. The third-order valence-electron chi connectivity index (χ3n) is 23.0. The van der Waals surface area contributed by atoms with Crippen LogP contribution in [-0.2, 0) is 66.9 Å². The second-order valence-corrected chi connectivity index (χ2v) is 27.8. The number of amides is 3. The predicted molar refractivity (Wildman–Crippen MR) is 307 cm³/mol. The highest BCUT2D eigenvalue weighted by molar-refractivity contribution is 5.96. The van der Waals surface area contributed by atoms with Gasteiger partial charge in [0, 0.05) is 59.1 Å². The molecular formula is C65H87FN4O17. The number of Topliss-reactive ketones (excluding diaryl/α,β-unsaturated/α-hetero) is 3. The Morgan fingerprint density at radius 1 is 0.540 bits per heavy atom. The number of primary amides is 2. The quantitative estimate of drug-likeness (QED) is 0.128. The van der Waals surface area contributed by atoms with E-state index in [1.165, 1.54) is 26.6 Å². The van der Waals surface area contributed by atoms with E-state index < -0.39 is 104 Å². The molecule has 7 N–H and O–H groups in total. The smallest absolute Gasteiger partial charge is 0.310 e. The molecule has 22 heteroatoms. The molecule has 87 heavy (non-hydrogen) atoms. The van der Waals surface area contributed by atoms with Gasteiger partial charge in [0.25, 0.3) is 0 Å². The van der Waals surface area contributed by atoms with Crippen LogP contribution in [0, 0.1) is 91.7 Å². The summed E-state index contributed by atoms with van der Waals surface area (Å²) in [6.45, 7) is 15.1. The maximum absolute atomic E-state index is 13.7. The van der Waals surface area contributed by atoms with Crippen molar-refractivity contribution in [1.29, 1.82) is 0 Å². The number of ketones is 3. The third-order valence-corrected chi connectivity index (χ3v) is 23.0. The Morgan fingerprint density at radius 2 is 0.897 bits per heavy atom. The molecule has 3 amide bonds. The molecule has 6 saturated carbocycles. The predicted octanol–water partition coefficient (Wildman–Crippen LogP) is 8.09. The van der Waals surface area contributed by atoms with Crippen LogP contribution in [0.5, 0.6) is 0 Å². The van der Waals surface area contributed by atoms with Gasteiger partial charge in [0.2, 0.25) is 17.7 Å². The maximum atomic E-state index is 13.7. The van der Waals surface area contributed by atoms with E-state index in [1.54, 1.807) is 43.3 Å². The summed E-state index contributed by atoms with van der Waals surface area (Å²) in [6.07, 6.45) is 13.8. The van der Waals surface area contributed by atoms with Crippen LogP contribution in [0.4, 0.5) is 4.70 Å². The molecule has 0 aromatic carbocycles. The molecule has 12 rings (SSSR count). The number of halogens is 1. The average molecular weight is 1220 g/mol. The lowest BCUT2D eigenvalue weighted by Crippen LogP contribution is -2.66. The molecule has 21 atom stereocenters. The minimum atomic E-state index is -0.793. The average Bonchev–Trinajstić information content (AvgIpc) is 1.36. The summed E-state index contributed by atoms with van der Waals surface area (Å²) >= 11 is 0. The van der Waals surface area contributed by atoms with Gasteiger partial charge >= 0.3 is 23.9 Å². The molecule has 0 spiro atoms. The topological polar surface area (TPSA) is 337 Å². The number of methoxy groups -OCH3 is 1. The second-order valence-electron chi connectivity index (χ2n) is 27.8. The maximum Gasteiger partial charge on any atom is 0.310 e. The fourth-order valence-corrected chi connectivity index (χ4v) is 19.1. The molecule has 3 aromatic heterocycles. The monoisotopic (exact) mass is 1210 g/mol. The van der Waals surface area contributed by atoms with Crippen molar-refractivity contribution in [3.8, 4) is 0 Å². The van der Waals surface area contributed by atoms with Crippen molar-refractivity contribution in [3.63, 3.8) is 0 Å². The number of nitrogens with one attached hydrogen (secondary N) is 1. The zero-order valence-electron chi connectivity index (χ0n) is 50.4. The van der Waals surface area contributed by atoms with Gasteiger partial charge in [0.1, 0.15) is 24.1 Å². The fourth-order valence-electron chi connectivity index (χ4n) is 19.1. The number of carbonyl (C=O) groups excluding carboxylic acids is 10. The zero-order chi connectivity index (χ0) is 61.7. The first kappa shape index (κ1) is 66.0. The van der Waals surface area contributed by atoms with Gasteiger partial charge in [-0.2, -0.15) is 0 Å². The zero-order valence-corrected chi connectivity index (χ0v) is 50.4. The normalized spacial score (nSPS) is 41.6. The van der Waals surface area contributed by atoms with Gasteiger partial charge in [-0.05, 0) is 128 Å². The van der Waals surface area contributed by atoms with E-state index in [1.807, 2.05) is 48.5 Å². The highest BCUT2D eigenvalue weighted by Crippen LogP contribution is 2.68. The Morgan fingerprint density at radius 3 is 1.24 bits per heavy atom. The fraction of sp³-hybridized carbons (Fsp3) is 0.662. The van der Waals surface area contributed by atoms with Gasteiger partial charge in [0.05, 0.1) is 80.4 Å².